The van der Waals surface area contributed by atoms with Crippen LogP contribution in [0.15, 0.2) is 33.8 Å². The van der Waals surface area contributed by atoms with Gasteiger partial charge in [0, 0.05) is 31.9 Å². The molecule has 3 rings (SSSR count). The molecule has 3 N–H and O–H groups in total. The number of nitrogen functional groups attached to an aromatic ring is 1. The Hall–Kier alpha value is -2.62. The first-order chi connectivity index (χ1) is 16.6. The fourth-order valence-corrected chi connectivity index (χ4v) is 5.53. The Morgan fingerprint density at radius 3 is 2.25 bits per heavy atom. The van der Waals surface area contributed by atoms with Gasteiger partial charge in [-0.1, -0.05) is 17.5 Å². The van der Waals surface area contributed by atoms with Crippen molar-refractivity contribution >= 4 is 26.5 Å². The molecule has 2 aromatic rings. The van der Waals surface area contributed by atoms with E-state index in [4.69, 9.17) is 5.73 Å². The lowest BCUT2D eigenvalue weighted by Gasteiger charge is -2.27. The number of halogens is 3. The van der Waals surface area contributed by atoms with E-state index < -0.39 is 37.2 Å². The number of hydrogen-bond acceptors (Lipinski definition) is 8. The molecule has 0 spiro atoms. The van der Waals surface area contributed by atoms with Crippen LogP contribution in [0.2, 0.25) is 0 Å². The Labute approximate surface area is 209 Å². The van der Waals surface area contributed by atoms with Crippen molar-refractivity contribution in [1.82, 2.24) is 19.7 Å². The summed E-state index contributed by atoms with van der Waals surface area (Å²) in [4.78, 5) is 7.06. The van der Waals surface area contributed by atoms with E-state index in [1.54, 1.807) is 6.92 Å². The highest BCUT2D eigenvalue weighted by molar-refractivity contribution is 7.89. The summed E-state index contributed by atoms with van der Waals surface area (Å²) in [5, 5.41) is 1.21. The summed E-state index contributed by atoms with van der Waals surface area (Å²) in [5.74, 6) is 0.512. The second-order valence-corrected chi connectivity index (χ2v) is 10.9. The number of benzene rings is 1. The minimum absolute atomic E-state index is 0.0270. The highest BCUT2D eigenvalue weighted by Gasteiger charge is 2.38. The monoisotopic (exact) mass is 550 g/mol. The molecule has 1 saturated carbocycles. The van der Waals surface area contributed by atoms with Gasteiger partial charge in [-0.15, -0.1) is 0 Å². The van der Waals surface area contributed by atoms with Crippen LogP contribution >= 0.6 is 0 Å². The topological polar surface area (TPSA) is 148 Å². The van der Waals surface area contributed by atoms with Gasteiger partial charge in [0.1, 0.15) is 0 Å². The lowest BCUT2D eigenvalue weighted by Crippen LogP contribution is -2.38. The van der Waals surface area contributed by atoms with Crippen molar-refractivity contribution in [3.05, 3.63) is 35.7 Å². The Morgan fingerprint density at radius 2 is 1.78 bits per heavy atom. The van der Waals surface area contributed by atoms with Crippen LogP contribution in [0.4, 0.5) is 19.1 Å². The fraction of sp³-hybridized carbons (Fsp3) is 0.524. The molecule has 0 radical (unpaired) electrons. The van der Waals surface area contributed by atoms with Gasteiger partial charge in [-0.25, -0.2) is 23.1 Å². The second-order valence-electron chi connectivity index (χ2n) is 8.66. The van der Waals surface area contributed by atoms with Crippen LogP contribution in [0, 0.1) is 12.8 Å². The van der Waals surface area contributed by atoms with E-state index in [0.717, 1.165) is 25.0 Å². The largest absolute Gasteiger partial charge is 0.417 e. The molecule has 0 saturated heterocycles. The van der Waals surface area contributed by atoms with Crippen molar-refractivity contribution in [1.29, 1.82) is 0 Å². The smallest absolute Gasteiger partial charge is 0.368 e. The number of sulfonamides is 1. The van der Waals surface area contributed by atoms with Crippen LogP contribution in [0.1, 0.15) is 43.9 Å². The van der Waals surface area contributed by atoms with Crippen LogP contribution in [0.5, 0.6) is 0 Å². The van der Waals surface area contributed by atoms with Gasteiger partial charge < -0.3 is 5.73 Å². The summed E-state index contributed by atoms with van der Waals surface area (Å²) in [5.41, 5.74) is 5.44. The first-order valence-electron chi connectivity index (χ1n) is 10.9. The van der Waals surface area contributed by atoms with Gasteiger partial charge >= 0.3 is 16.7 Å². The van der Waals surface area contributed by atoms with E-state index in [9.17, 15) is 30.0 Å². The maximum atomic E-state index is 13.5. The first kappa shape index (κ1) is 29.6. The SMILES string of the molecule is CN(C)N=S(=O)=O.Cc1nc(N)ncc1-c1ccc(C(F)(F)F)c(S(=O)(=O)NC2CCC(C)CC2)c1. The Balaban J connectivity index is 0.000000572. The van der Waals surface area contributed by atoms with E-state index in [1.807, 2.05) is 0 Å². The predicted octanol–water partition coefficient (Wildman–Crippen LogP) is 3.44. The van der Waals surface area contributed by atoms with E-state index in [0.29, 0.717) is 30.0 Å². The summed E-state index contributed by atoms with van der Waals surface area (Å²) in [6.07, 6.45) is -0.565. The number of aryl methyl sites for hydroxylation is 1. The van der Waals surface area contributed by atoms with Crippen molar-refractivity contribution in [2.75, 3.05) is 19.8 Å². The third-order valence-corrected chi connectivity index (χ3v) is 7.47. The van der Waals surface area contributed by atoms with Crippen LogP contribution in [-0.2, 0) is 26.7 Å². The van der Waals surface area contributed by atoms with E-state index >= 15 is 0 Å². The Bertz CT molecular complexity index is 1300. The number of nitrogens with two attached hydrogens (primary N) is 1. The number of hydrogen-bond donors (Lipinski definition) is 2. The lowest BCUT2D eigenvalue weighted by atomic mass is 9.88. The Kier molecular flexibility index (Phi) is 9.93. The Morgan fingerprint density at radius 1 is 1.17 bits per heavy atom. The van der Waals surface area contributed by atoms with Crippen molar-refractivity contribution in [3.63, 3.8) is 0 Å². The summed E-state index contributed by atoms with van der Waals surface area (Å²) in [6, 6.07) is 2.65. The average Bonchev–Trinajstić information content (AvgIpc) is 2.74. The molecule has 1 fully saturated rings. The number of anilines is 1. The number of alkyl halides is 3. The molecular weight excluding hydrogens is 521 g/mol. The molecule has 0 aliphatic heterocycles. The van der Waals surface area contributed by atoms with Gasteiger partial charge in [0.05, 0.1) is 16.2 Å². The van der Waals surface area contributed by atoms with Crippen LogP contribution in [-0.4, -0.2) is 51.9 Å². The van der Waals surface area contributed by atoms with Gasteiger partial charge in [-0.2, -0.15) is 26.6 Å². The maximum Gasteiger partial charge on any atom is 0.417 e. The minimum Gasteiger partial charge on any atom is -0.368 e. The third kappa shape index (κ3) is 8.50. The number of nitrogens with one attached hydrogen (secondary N) is 1. The summed E-state index contributed by atoms with van der Waals surface area (Å²) < 4.78 is 91.1. The summed E-state index contributed by atoms with van der Waals surface area (Å²) in [6.45, 7) is 3.70. The van der Waals surface area contributed by atoms with Crippen molar-refractivity contribution in [2.24, 2.45) is 10.4 Å². The molecule has 10 nitrogen and oxygen atoms in total. The van der Waals surface area contributed by atoms with Gasteiger partial charge in [0.2, 0.25) is 16.0 Å². The average molecular weight is 551 g/mol. The first-order valence-corrected chi connectivity index (χ1v) is 13.4. The molecule has 36 heavy (non-hydrogen) atoms. The molecule has 0 atom stereocenters. The van der Waals surface area contributed by atoms with Crippen molar-refractivity contribution in [3.8, 4) is 11.1 Å². The van der Waals surface area contributed by atoms with E-state index in [2.05, 4.69) is 26.1 Å². The molecule has 0 amide bonds. The van der Waals surface area contributed by atoms with E-state index in [1.165, 1.54) is 31.4 Å². The highest BCUT2D eigenvalue weighted by Crippen LogP contribution is 2.37. The van der Waals surface area contributed by atoms with Gasteiger partial charge in [-0.3, -0.25) is 0 Å². The zero-order valence-electron chi connectivity index (χ0n) is 20.2. The zero-order valence-corrected chi connectivity index (χ0v) is 21.9. The molecule has 200 valence electrons. The molecule has 1 aromatic carbocycles. The number of aromatic nitrogens is 2. The molecule has 1 aromatic heterocycles. The molecule has 15 heteroatoms. The van der Waals surface area contributed by atoms with Gasteiger partial charge in [-0.05, 0) is 56.2 Å². The standard InChI is InChI=1S/C19H23F3N4O2S.C2H6N2O2S/c1-11-3-6-14(7-4-11)26-29(27,28)17-9-13(5-8-16(17)19(20,21)22)15-10-24-18(23)25-12(15)2;1-4(2)3-7(5)6/h5,8-11,14,26H,3-4,6-7H2,1-2H3,(H2,23,24,25);1-2H3. The third-order valence-electron chi connectivity index (χ3n) is 5.45. The zero-order chi connectivity index (χ0) is 27.3. The molecule has 1 aliphatic rings. The fourth-order valence-electron chi connectivity index (χ4n) is 3.71. The minimum atomic E-state index is -4.81. The van der Waals surface area contributed by atoms with Crippen molar-refractivity contribution in [2.45, 2.75) is 56.6 Å². The van der Waals surface area contributed by atoms with Gasteiger partial charge in [0.15, 0.2) is 0 Å². The second kappa shape index (κ2) is 12.1. The quantitative estimate of drug-likeness (QED) is 0.538. The number of nitrogens with zero attached hydrogens (tertiary/aromatic N) is 4. The van der Waals surface area contributed by atoms with Crippen LogP contribution in [0.3, 0.4) is 0 Å². The summed E-state index contributed by atoms with van der Waals surface area (Å²) >= 11 is 0. The van der Waals surface area contributed by atoms with Crippen LogP contribution < -0.4 is 10.5 Å². The normalized spacial score (nSPS) is 18.3. The van der Waals surface area contributed by atoms with E-state index in [-0.39, 0.29) is 17.6 Å². The van der Waals surface area contributed by atoms with Crippen LogP contribution in [0.25, 0.3) is 11.1 Å². The highest BCUT2D eigenvalue weighted by atomic mass is 32.2. The maximum absolute atomic E-state index is 13.5. The number of rotatable bonds is 5. The molecular formula is C21H29F3N6O4S2. The predicted molar refractivity (Wildman–Crippen MR) is 128 cm³/mol. The van der Waals surface area contributed by atoms with Gasteiger partial charge in [0.25, 0.3) is 0 Å². The summed E-state index contributed by atoms with van der Waals surface area (Å²) in [7, 11) is -3.60. The van der Waals surface area contributed by atoms with Crippen molar-refractivity contribution < 1.29 is 30.0 Å². The molecule has 1 heterocycles. The molecule has 0 bridgehead atoms. The lowest BCUT2D eigenvalue weighted by molar-refractivity contribution is -0.139. The molecule has 1 aliphatic carbocycles. The molecule has 0 unspecified atom stereocenters.